The number of aromatic nitrogens is 4. The highest BCUT2D eigenvalue weighted by atomic mass is 16.2. The number of nitrogens with one attached hydrogen (secondary N) is 2. The number of hydrogen-bond donors (Lipinski definition) is 2. The van der Waals surface area contributed by atoms with Crippen LogP contribution in [0.5, 0.6) is 0 Å². The molecular weight excluding hydrogens is 338 g/mol. The Kier molecular flexibility index (Phi) is 6.36. The Balaban J connectivity index is 1.77. The number of likely N-dealkylation sites (N-methyl/N-ethyl adjacent to an activating group) is 1. The molecule has 3 amide bonds. The Morgan fingerprint density at radius 2 is 2.00 bits per heavy atom. The van der Waals surface area contributed by atoms with Crippen LogP contribution in [-0.2, 0) is 16.1 Å². The van der Waals surface area contributed by atoms with Crippen molar-refractivity contribution in [1.29, 1.82) is 0 Å². The zero-order valence-corrected chi connectivity index (χ0v) is 14.9. The van der Waals surface area contributed by atoms with E-state index in [1.807, 2.05) is 13.0 Å². The lowest BCUT2D eigenvalue weighted by molar-refractivity contribution is -0.129. The van der Waals surface area contributed by atoms with E-state index in [9.17, 15) is 14.4 Å². The second kappa shape index (κ2) is 8.70. The summed E-state index contributed by atoms with van der Waals surface area (Å²) in [4.78, 5) is 41.0. The van der Waals surface area contributed by atoms with Crippen LogP contribution in [0.1, 0.15) is 22.6 Å². The van der Waals surface area contributed by atoms with E-state index in [2.05, 4.69) is 25.9 Å². The van der Waals surface area contributed by atoms with Gasteiger partial charge in [-0.25, -0.2) is 9.67 Å². The van der Waals surface area contributed by atoms with Gasteiger partial charge in [-0.1, -0.05) is 11.3 Å². The Hall–Kier alpha value is -3.30. The molecule has 0 aromatic carbocycles. The molecule has 0 spiro atoms. The van der Waals surface area contributed by atoms with Crippen LogP contribution in [0.25, 0.3) is 0 Å². The van der Waals surface area contributed by atoms with Crippen molar-refractivity contribution < 1.29 is 14.4 Å². The summed E-state index contributed by atoms with van der Waals surface area (Å²) in [5.41, 5.74) is 0.879. The van der Waals surface area contributed by atoms with E-state index in [1.54, 1.807) is 26.2 Å². The smallest absolute Gasteiger partial charge is 0.273 e. The topological polar surface area (TPSA) is 122 Å². The van der Waals surface area contributed by atoms with Gasteiger partial charge in [0.1, 0.15) is 12.4 Å². The van der Waals surface area contributed by atoms with Gasteiger partial charge < -0.3 is 15.5 Å². The van der Waals surface area contributed by atoms with Crippen molar-refractivity contribution >= 4 is 23.5 Å². The summed E-state index contributed by atoms with van der Waals surface area (Å²) in [6, 6.07) is 5.32. The number of carbonyl (C=O) groups excluding carboxylic acids is 3. The first-order chi connectivity index (χ1) is 12.3. The number of aryl methyl sites for hydroxylation is 1. The molecule has 0 aliphatic heterocycles. The molecule has 138 valence electrons. The fraction of sp³-hybridized carbons (Fsp3) is 0.375. The van der Waals surface area contributed by atoms with Gasteiger partial charge >= 0.3 is 0 Å². The lowest BCUT2D eigenvalue weighted by atomic mass is 10.3. The molecule has 0 bridgehead atoms. The van der Waals surface area contributed by atoms with Crippen molar-refractivity contribution in [3.63, 3.8) is 0 Å². The molecule has 0 radical (unpaired) electrons. The van der Waals surface area contributed by atoms with Crippen LogP contribution in [0.4, 0.5) is 5.82 Å². The number of hydrogen-bond acceptors (Lipinski definition) is 6. The molecular formula is C16H21N7O3. The van der Waals surface area contributed by atoms with Crippen LogP contribution >= 0.6 is 0 Å². The van der Waals surface area contributed by atoms with Crippen LogP contribution in [0.15, 0.2) is 24.4 Å². The SMILES string of the molecule is Cc1cccc(NC(=O)CCNC(=O)c2cn(CC(=O)N(C)C)nn2)n1. The standard InChI is InChI=1S/C16H21N7O3/c1-11-5-4-6-13(18-11)19-14(24)7-8-17-16(26)12-9-23(21-20-12)10-15(25)22(2)3/h4-6,9H,7-8,10H2,1-3H3,(H,17,26)(H,18,19,24). The molecule has 2 rings (SSSR count). The Labute approximate surface area is 150 Å². The van der Waals surface area contributed by atoms with Crippen LogP contribution in [0, 0.1) is 6.92 Å². The van der Waals surface area contributed by atoms with Gasteiger partial charge in [-0.05, 0) is 19.1 Å². The lowest BCUT2D eigenvalue weighted by Gasteiger charge is -2.08. The predicted molar refractivity (Wildman–Crippen MR) is 93.3 cm³/mol. The van der Waals surface area contributed by atoms with Gasteiger partial charge in [0.25, 0.3) is 5.91 Å². The van der Waals surface area contributed by atoms with Crippen molar-refractivity contribution in [3.05, 3.63) is 35.8 Å². The summed E-state index contributed by atoms with van der Waals surface area (Å²) in [6.07, 6.45) is 1.47. The molecule has 2 aromatic heterocycles. The molecule has 2 N–H and O–H groups in total. The molecule has 10 nitrogen and oxygen atoms in total. The van der Waals surface area contributed by atoms with Gasteiger partial charge in [0, 0.05) is 32.8 Å². The van der Waals surface area contributed by atoms with Crippen molar-refractivity contribution in [2.75, 3.05) is 26.0 Å². The third-order valence-corrected chi connectivity index (χ3v) is 3.36. The van der Waals surface area contributed by atoms with E-state index in [1.165, 1.54) is 15.8 Å². The minimum absolute atomic E-state index is 0.000815. The number of anilines is 1. The van der Waals surface area contributed by atoms with E-state index >= 15 is 0 Å². The van der Waals surface area contributed by atoms with E-state index in [4.69, 9.17) is 0 Å². The first-order valence-corrected chi connectivity index (χ1v) is 7.97. The summed E-state index contributed by atoms with van der Waals surface area (Å²) >= 11 is 0. The molecule has 26 heavy (non-hydrogen) atoms. The zero-order valence-electron chi connectivity index (χ0n) is 14.9. The quantitative estimate of drug-likeness (QED) is 0.708. The normalized spacial score (nSPS) is 10.3. The van der Waals surface area contributed by atoms with Crippen molar-refractivity contribution in [3.8, 4) is 0 Å². The highest BCUT2D eigenvalue weighted by molar-refractivity contribution is 5.93. The highest BCUT2D eigenvalue weighted by Gasteiger charge is 2.13. The molecule has 0 saturated heterocycles. The predicted octanol–water partition coefficient (Wildman–Crippen LogP) is -0.172. The van der Waals surface area contributed by atoms with Crippen LogP contribution in [-0.4, -0.2) is 63.2 Å². The molecule has 0 fully saturated rings. The van der Waals surface area contributed by atoms with Gasteiger partial charge in [-0.15, -0.1) is 5.10 Å². The van der Waals surface area contributed by atoms with Crippen molar-refractivity contribution in [1.82, 2.24) is 30.2 Å². The summed E-state index contributed by atoms with van der Waals surface area (Å²) < 4.78 is 1.29. The second-order valence-electron chi connectivity index (χ2n) is 5.81. The first-order valence-electron chi connectivity index (χ1n) is 7.97. The largest absolute Gasteiger partial charge is 0.350 e. The van der Waals surface area contributed by atoms with Crippen LogP contribution < -0.4 is 10.6 Å². The van der Waals surface area contributed by atoms with Crippen molar-refractivity contribution in [2.45, 2.75) is 19.9 Å². The third-order valence-electron chi connectivity index (χ3n) is 3.36. The minimum Gasteiger partial charge on any atom is -0.350 e. The number of amides is 3. The molecule has 2 heterocycles. The van der Waals surface area contributed by atoms with E-state index in [-0.39, 0.29) is 37.0 Å². The summed E-state index contributed by atoms with van der Waals surface area (Å²) in [5, 5.41) is 12.7. The van der Waals surface area contributed by atoms with Gasteiger partial charge in [0.05, 0.1) is 6.20 Å². The molecule has 0 aliphatic carbocycles. The van der Waals surface area contributed by atoms with Gasteiger partial charge in [-0.3, -0.25) is 14.4 Å². The number of carbonyl (C=O) groups is 3. The fourth-order valence-corrected chi connectivity index (χ4v) is 1.96. The number of pyridine rings is 1. The molecule has 10 heteroatoms. The number of rotatable bonds is 7. The maximum absolute atomic E-state index is 12.0. The maximum atomic E-state index is 12.0. The van der Waals surface area contributed by atoms with Crippen molar-refractivity contribution in [2.24, 2.45) is 0 Å². The van der Waals surface area contributed by atoms with Gasteiger partial charge in [0.15, 0.2) is 5.69 Å². The fourth-order valence-electron chi connectivity index (χ4n) is 1.96. The average Bonchev–Trinajstić information content (AvgIpc) is 3.03. The monoisotopic (exact) mass is 359 g/mol. The van der Waals surface area contributed by atoms with Crippen LogP contribution in [0.2, 0.25) is 0 Å². The molecule has 2 aromatic rings. The van der Waals surface area contributed by atoms with E-state index < -0.39 is 5.91 Å². The summed E-state index contributed by atoms with van der Waals surface area (Å²) in [7, 11) is 3.26. The molecule has 0 atom stereocenters. The van der Waals surface area contributed by atoms with E-state index in [0.29, 0.717) is 5.82 Å². The highest BCUT2D eigenvalue weighted by Crippen LogP contribution is 2.04. The van der Waals surface area contributed by atoms with Gasteiger partial charge in [-0.2, -0.15) is 0 Å². The average molecular weight is 359 g/mol. The number of nitrogens with zero attached hydrogens (tertiary/aromatic N) is 5. The Morgan fingerprint density at radius 1 is 1.23 bits per heavy atom. The maximum Gasteiger partial charge on any atom is 0.273 e. The molecule has 0 aliphatic rings. The molecule has 0 unspecified atom stereocenters. The molecule has 0 saturated carbocycles. The Morgan fingerprint density at radius 3 is 2.69 bits per heavy atom. The van der Waals surface area contributed by atoms with E-state index in [0.717, 1.165) is 5.69 Å². The zero-order chi connectivity index (χ0) is 19.1. The first kappa shape index (κ1) is 19.0. The summed E-state index contributed by atoms with van der Waals surface area (Å²) in [6.45, 7) is 1.97. The lowest BCUT2D eigenvalue weighted by Crippen LogP contribution is -2.28. The Bertz CT molecular complexity index is 801. The van der Waals surface area contributed by atoms with Crippen LogP contribution in [0.3, 0.4) is 0 Å². The minimum atomic E-state index is -0.463. The summed E-state index contributed by atoms with van der Waals surface area (Å²) in [5.74, 6) is -0.420. The van der Waals surface area contributed by atoms with Gasteiger partial charge in [0.2, 0.25) is 11.8 Å². The third kappa shape index (κ3) is 5.65. The second-order valence-corrected chi connectivity index (χ2v) is 5.81.